The summed E-state index contributed by atoms with van der Waals surface area (Å²) in [6, 6.07) is 3.32. The smallest absolute Gasteiger partial charge is 0.167 e. The highest BCUT2D eigenvalue weighted by molar-refractivity contribution is 5.81. The number of benzene rings is 1. The Morgan fingerprint density at radius 3 is 2.72 bits per heavy atom. The number of hydrogen-bond acceptors (Lipinski definition) is 12. The van der Waals surface area contributed by atoms with Gasteiger partial charge in [-0.05, 0) is 13.8 Å². The van der Waals surface area contributed by atoms with Crippen molar-refractivity contribution in [3.63, 3.8) is 0 Å². The molecule has 5 rings (SSSR count). The van der Waals surface area contributed by atoms with Crippen molar-refractivity contribution in [3.8, 4) is 17.2 Å². The van der Waals surface area contributed by atoms with E-state index in [0.29, 0.717) is 34.8 Å². The number of fused-ring (bicyclic) bond motifs is 2. The van der Waals surface area contributed by atoms with Crippen LogP contribution in [-0.2, 0) is 9.57 Å². The van der Waals surface area contributed by atoms with Crippen molar-refractivity contribution < 1.29 is 34.0 Å². The molecular weight excluding hydrogens is 472 g/mol. The number of imidazole rings is 1. The van der Waals surface area contributed by atoms with Crippen LogP contribution in [0.25, 0.3) is 11.2 Å². The molecule has 5 N–H and O–H groups in total. The van der Waals surface area contributed by atoms with Crippen molar-refractivity contribution in [2.45, 2.75) is 56.5 Å². The number of hydrogen-bond donors (Lipinski definition) is 4. The average Bonchev–Trinajstić information content (AvgIpc) is 3.39. The lowest BCUT2D eigenvalue weighted by Gasteiger charge is -2.38. The lowest BCUT2D eigenvalue weighted by atomic mass is 9.89. The molecule has 0 saturated carbocycles. The maximum Gasteiger partial charge on any atom is 0.167 e. The molecule has 4 heterocycles. The number of nitrogen functional groups attached to an aromatic ring is 1. The molecule has 5 atom stereocenters. The van der Waals surface area contributed by atoms with Crippen LogP contribution in [0.3, 0.4) is 0 Å². The van der Waals surface area contributed by atoms with Crippen LogP contribution in [0.1, 0.15) is 38.1 Å². The summed E-state index contributed by atoms with van der Waals surface area (Å²) in [7, 11) is 3.16. The molecule has 0 bridgehead atoms. The summed E-state index contributed by atoms with van der Waals surface area (Å²) in [4.78, 5) is 18.1. The predicted molar refractivity (Wildman–Crippen MR) is 126 cm³/mol. The summed E-state index contributed by atoms with van der Waals surface area (Å²) in [6.45, 7) is 3.92. The fourth-order valence-electron chi connectivity index (χ4n) is 4.71. The highest BCUT2D eigenvalue weighted by atomic mass is 16.7. The number of ether oxygens (including phenoxy) is 4. The van der Waals surface area contributed by atoms with E-state index in [-0.39, 0.29) is 18.5 Å². The molecule has 0 amide bonds. The Balaban J connectivity index is 1.30. The van der Waals surface area contributed by atoms with E-state index in [1.165, 1.54) is 17.2 Å². The molecule has 13 heteroatoms. The molecule has 1 saturated heterocycles. The molecule has 2 aliphatic rings. The molecular formula is C23H30N6O7. The van der Waals surface area contributed by atoms with E-state index >= 15 is 0 Å². The number of nitrogens with zero attached hydrogens (tertiary/aromatic N) is 4. The van der Waals surface area contributed by atoms with Crippen molar-refractivity contribution in [2.75, 3.05) is 26.6 Å². The minimum Gasteiger partial charge on any atom is -0.496 e. The third-order valence-corrected chi connectivity index (χ3v) is 6.44. The van der Waals surface area contributed by atoms with Crippen molar-refractivity contribution in [1.29, 1.82) is 0 Å². The van der Waals surface area contributed by atoms with E-state index in [2.05, 4.69) is 20.4 Å². The number of aromatic nitrogens is 4. The van der Waals surface area contributed by atoms with Crippen LogP contribution in [0.15, 0.2) is 24.8 Å². The topological polar surface area (TPSA) is 168 Å². The zero-order chi connectivity index (χ0) is 25.6. The number of aliphatic hydroxyl groups excluding tert-OH is 2. The van der Waals surface area contributed by atoms with Gasteiger partial charge in [0.1, 0.15) is 53.0 Å². The van der Waals surface area contributed by atoms with Crippen LogP contribution in [0.5, 0.6) is 17.2 Å². The minimum absolute atomic E-state index is 0.0376. The van der Waals surface area contributed by atoms with E-state index in [0.717, 1.165) is 5.56 Å². The van der Waals surface area contributed by atoms with Crippen LogP contribution in [0.4, 0.5) is 5.82 Å². The molecule has 1 aromatic carbocycles. The summed E-state index contributed by atoms with van der Waals surface area (Å²) in [5.74, 6) is 2.05. The summed E-state index contributed by atoms with van der Waals surface area (Å²) in [5.41, 5.74) is 10.0. The van der Waals surface area contributed by atoms with E-state index in [1.54, 1.807) is 20.3 Å². The minimum atomic E-state index is -1.23. The molecule has 2 aromatic heterocycles. The Kier molecular flexibility index (Phi) is 6.34. The third kappa shape index (κ3) is 4.29. The monoisotopic (exact) mass is 502 g/mol. The second-order valence-corrected chi connectivity index (χ2v) is 9.42. The Morgan fingerprint density at radius 2 is 1.97 bits per heavy atom. The van der Waals surface area contributed by atoms with Gasteiger partial charge in [-0.2, -0.15) is 5.48 Å². The standard InChI is InChI=1S/C23H30N6O7/c1-23(2)7-12(16-13(33-4)5-11(32-3)6-14(16)36-23)28-34-8-15-18(30)19(31)22(35-15)29-10-27-17-20(24)25-9-26-21(17)29/h5-6,9-10,12,15,18-19,22,28,30-31H,7-8H2,1-4H3,(H2,24,25,26)/t12?,15-,18-,19-,22-/m1/s1. The number of methoxy groups -OCH3 is 2. The lowest BCUT2D eigenvalue weighted by Crippen LogP contribution is -2.41. The molecule has 0 spiro atoms. The zero-order valence-corrected chi connectivity index (χ0v) is 20.4. The van der Waals surface area contributed by atoms with Gasteiger partial charge in [-0.15, -0.1) is 0 Å². The van der Waals surface area contributed by atoms with Crippen LogP contribution in [-0.4, -0.2) is 74.5 Å². The average molecular weight is 503 g/mol. The molecule has 36 heavy (non-hydrogen) atoms. The number of aliphatic hydroxyl groups is 2. The van der Waals surface area contributed by atoms with Crippen LogP contribution >= 0.6 is 0 Å². The number of anilines is 1. The number of nitrogens with two attached hydrogens (primary N) is 1. The number of rotatable bonds is 7. The van der Waals surface area contributed by atoms with Crippen molar-refractivity contribution >= 4 is 17.0 Å². The zero-order valence-electron chi connectivity index (χ0n) is 20.4. The van der Waals surface area contributed by atoms with Gasteiger partial charge in [0.05, 0.1) is 38.8 Å². The quantitative estimate of drug-likeness (QED) is 0.337. The lowest BCUT2D eigenvalue weighted by molar-refractivity contribution is -0.0994. The van der Waals surface area contributed by atoms with Gasteiger partial charge in [-0.25, -0.2) is 15.0 Å². The van der Waals surface area contributed by atoms with Crippen LogP contribution in [0, 0.1) is 0 Å². The van der Waals surface area contributed by atoms with Gasteiger partial charge in [0.25, 0.3) is 0 Å². The van der Waals surface area contributed by atoms with Gasteiger partial charge >= 0.3 is 0 Å². The Labute approximate surface area is 207 Å². The fraction of sp³-hybridized carbons (Fsp3) is 0.522. The molecule has 0 radical (unpaired) electrons. The first kappa shape index (κ1) is 24.5. The normalized spacial score (nSPS) is 27.0. The maximum absolute atomic E-state index is 10.7. The Bertz CT molecular complexity index is 1250. The second kappa shape index (κ2) is 9.33. The van der Waals surface area contributed by atoms with Crippen LogP contribution < -0.4 is 25.4 Å². The summed E-state index contributed by atoms with van der Waals surface area (Å²) in [6.07, 6.45) is -0.853. The van der Waals surface area contributed by atoms with Gasteiger partial charge in [0.2, 0.25) is 0 Å². The predicted octanol–water partition coefficient (Wildman–Crippen LogP) is 0.868. The fourth-order valence-corrected chi connectivity index (χ4v) is 4.71. The summed E-state index contributed by atoms with van der Waals surface area (Å²) >= 11 is 0. The highest BCUT2D eigenvalue weighted by Gasteiger charge is 2.45. The van der Waals surface area contributed by atoms with Gasteiger partial charge in [-0.3, -0.25) is 9.40 Å². The molecule has 2 aliphatic heterocycles. The maximum atomic E-state index is 10.7. The third-order valence-electron chi connectivity index (χ3n) is 6.44. The van der Waals surface area contributed by atoms with Crippen molar-refractivity contribution in [2.24, 2.45) is 0 Å². The van der Waals surface area contributed by atoms with E-state index in [1.807, 2.05) is 19.9 Å². The first-order valence-corrected chi connectivity index (χ1v) is 11.5. The van der Waals surface area contributed by atoms with E-state index in [4.69, 9.17) is 29.5 Å². The Hall–Kier alpha value is -3.23. The van der Waals surface area contributed by atoms with Gasteiger partial charge < -0.3 is 34.9 Å². The van der Waals surface area contributed by atoms with E-state index in [9.17, 15) is 10.2 Å². The molecule has 1 unspecified atom stereocenters. The highest BCUT2D eigenvalue weighted by Crippen LogP contribution is 2.46. The Morgan fingerprint density at radius 1 is 1.17 bits per heavy atom. The molecule has 194 valence electrons. The number of hydroxylamine groups is 1. The first-order chi connectivity index (χ1) is 17.2. The van der Waals surface area contributed by atoms with Crippen molar-refractivity contribution in [3.05, 3.63) is 30.4 Å². The first-order valence-electron chi connectivity index (χ1n) is 11.5. The number of nitrogens with one attached hydrogen (secondary N) is 1. The van der Waals surface area contributed by atoms with Crippen LogP contribution in [0.2, 0.25) is 0 Å². The summed E-state index contributed by atoms with van der Waals surface area (Å²) < 4.78 is 24.6. The second-order valence-electron chi connectivity index (χ2n) is 9.42. The van der Waals surface area contributed by atoms with Crippen molar-refractivity contribution in [1.82, 2.24) is 25.0 Å². The molecule has 1 fully saturated rings. The SMILES string of the molecule is COc1cc(OC)c2c(c1)OC(C)(C)CC2NOC[C@H]1O[C@@H](n2cnc3c(N)ncnc32)[C@H](O)[C@@H]1O. The molecule has 13 nitrogen and oxygen atoms in total. The van der Waals surface area contributed by atoms with Gasteiger partial charge in [-0.1, -0.05) is 0 Å². The van der Waals surface area contributed by atoms with Gasteiger partial charge in [0.15, 0.2) is 17.7 Å². The largest absolute Gasteiger partial charge is 0.496 e. The molecule has 3 aromatic rings. The van der Waals surface area contributed by atoms with Gasteiger partial charge in [0, 0.05) is 18.6 Å². The molecule has 0 aliphatic carbocycles. The van der Waals surface area contributed by atoms with E-state index < -0.39 is 30.1 Å². The summed E-state index contributed by atoms with van der Waals surface area (Å²) in [5, 5.41) is 21.3.